The van der Waals surface area contributed by atoms with Gasteiger partial charge in [0.15, 0.2) is 0 Å². The summed E-state index contributed by atoms with van der Waals surface area (Å²) in [7, 11) is -3.38. The number of fused-ring (bicyclic) bond motifs is 1. The summed E-state index contributed by atoms with van der Waals surface area (Å²) in [6.07, 6.45) is 1.45. The maximum atomic E-state index is 12.2. The van der Waals surface area contributed by atoms with E-state index in [9.17, 15) is 8.42 Å². The second-order valence-electron chi connectivity index (χ2n) is 6.05. The average molecular weight is 370 g/mol. The second-order valence-corrected chi connectivity index (χ2v) is 7.90. The molecule has 1 aromatic heterocycles. The third-order valence-corrected chi connectivity index (χ3v) is 5.31. The van der Waals surface area contributed by atoms with Gasteiger partial charge in [-0.2, -0.15) is 0 Å². The van der Waals surface area contributed by atoms with Crippen LogP contribution in [0.1, 0.15) is 25.5 Å². The molecule has 0 unspecified atom stereocenters. The molecule has 3 aromatic rings. The maximum Gasteiger partial charge on any atom is 0.232 e. The lowest BCUT2D eigenvalue weighted by Gasteiger charge is -2.13. The first-order valence-corrected chi connectivity index (χ1v) is 10.3. The van der Waals surface area contributed by atoms with E-state index in [-0.39, 0.29) is 12.4 Å². The largest absolute Gasteiger partial charge is 0.485 e. The molecular formula is C20H22N2O3S. The molecule has 5 nitrogen and oxygen atoms in total. The molecule has 1 N–H and O–H groups in total. The number of benzene rings is 2. The molecule has 26 heavy (non-hydrogen) atoms. The average Bonchev–Trinajstić information content (AvgIpc) is 2.65. The number of pyridine rings is 1. The summed E-state index contributed by atoms with van der Waals surface area (Å²) in [4.78, 5) is 4.57. The van der Waals surface area contributed by atoms with Gasteiger partial charge in [0, 0.05) is 5.39 Å². The molecule has 0 aliphatic heterocycles. The molecule has 0 aliphatic carbocycles. The van der Waals surface area contributed by atoms with Crippen molar-refractivity contribution < 1.29 is 13.2 Å². The van der Waals surface area contributed by atoms with Crippen LogP contribution in [-0.2, 0) is 16.6 Å². The second kappa shape index (κ2) is 8.19. The summed E-state index contributed by atoms with van der Waals surface area (Å²) < 4.78 is 32.8. The van der Waals surface area contributed by atoms with Crippen molar-refractivity contribution in [3.63, 3.8) is 0 Å². The Labute approximate surface area is 154 Å². The van der Waals surface area contributed by atoms with E-state index in [1.807, 2.05) is 49.4 Å². The van der Waals surface area contributed by atoms with Crippen molar-refractivity contribution in [2.24, 2.45) is 0 Å². The van der Waals surface area contributed by atoms with Crippen LogP contribution in [0, 0.1) is 0 Å². The summed E-state index contributed by atoms with van der Waals surface area (Å²) in [5, 5.41) is 1.07. The van der Waals surface area contributed by atoms with E-state index >= 15 is 0 Å². The van der Waals surface area contributed by atoms with Gasteiger partial charge < -0.3 is 4.74 Å². The van der Waals surface area contributed by atoms with Crippen LogP contribution in [0.2, 0.25) is 0 Å². The van der Waals surface area contributed by atoms with Gasteiger partial charge in [-0.25, -0.2) is 13.4 Å². The molecule has 3 rings (SSSR count). The number of rotatable bonds is 8. The Morgan fingerprint density at radius 2 is 1.77 bits per heavy atom. The minimum atomic E-state index is -3.38. The van der Waals surface area contributed by atoms with Crippen molar-refractivity contribution in [2.75, 3.05) is 10.5 Å². The maximum absolute atomic E-state index is 12.2. The minimum absolute atomic E-state index is 0.101. The van der Waals surface area contributed by atoms with Crippen LogP contribution >= 0.6 is 0 Å². The number of anilines is 1. The van der Waals surface area contributed by atoms with E-state index in [0.29, 0.717) is 17.9 Å². The SMILES string of the molecule is CCCCS(=O)(=O)Nc1ccccc1OCc1ccc2ccccc2n1. The molecule has 0 fully saturated rings. The van der Waals surface area contributed by atoms with Gasteiger partial charge in [0.05, 0.1) is 22.7 Å². The van der Waals surface area contributed by atoms with Crippen molar-refractivity contribution >= 4 is 26.6 Å². The van der Waals surface area contributed by atoms with E-state index in [1.54, 1.807) is 18.2 Å². The third kappa shape index (κ3) is 4.73. The smallest absolute Gasteiger partial charge is 0.232 e. The van der Waals surface area contributed by atoms with Gasteiger partial charge in [-0.1, -0.05) is 49.7 Å². The van der Waals surface area contributed by atoms with Crippen molar-refractivity contribution in [1.29, 1.82) is 0 Å². The first-order chi connectivity index (χ1) is 12.6. The van der Waals surface area contributed by atoms with Gasteiger partial charge in [-0.15, -0.1) is 0 Å². The Kier molecular flexibility index (Phi) is 5.73. The number of para-hydroxylation sites is 3. The van der Waals surface area contributed by atoms with Crippen LogP contribution in [0.5, 0.6) is 5.75 Å². The first-order valence-electron chi connectivity index (χ1n) is 8.64. The molecule has 0 atom stereocenters. The fraction of sp³-hybridized carbons (Fsp3) is 0.250. The topological polar surface area (TPSA) is 68.3 Å². The molecule has 0 amide bonds. The number of hydrogen-bond donors (Lipinski definition) is 1. The summed E-state index contributed by atoms with van der Waals surface area (Å²) in [5.41, 5.74) is 2.14. The summed E-state index contributed by atoms with van der Waals surface area (Å²) >= 11 is 0. The lowest BCUT2D eigenvalue weighted by Crippen LogP contribution is -2.17. The van der Waals surface area contributed by atoms with E-state index in [0.717, 1.165) is 23.0 Å². The zero-order chi connectivity index (χ0) is 18.4. The number of sulfonamides is 1. The fourth-order valence-electron chi connectivity index (χ4n) is 2.57. The Bertz CT molecular complexity index is 987. The van der Waals surface area contributed by atoms with Crippen LogP contribution in [0.3, 0.4) is 0 Å². The third-order valence-electron chi connectivity index (χ3n) is 3.95. The van der Waals surface area contributed by atoms with Gasteiger partial charge in [-0.05, 0) is 30.7 Å². The predicted molar refractivity (Wildman–Crippen MR) is 105 cm³/mol. The molecule has 1 heterocycles. The lowest BCUT2D eigenvalue weighted by atomic mass is 10.2. The molecule has 0 radical (unpaired) electrons. The molecule has 0 bridgehead atoms. The Balaban J connectivity index is 1.73. The first kappa shape index (κ1) is 18.2. The Morgan fingerprint density at radius 1 is 1.00 bits per heavy atom. The number of unbranched alkanes of at least 4 members (excludes halogenated alkanes) is 1. The Morgan fingerprint density at radius 3 is 2.62 bits per heavy atom. The normalized spacial score (nSPS) is 11.4. The van der Waals surface area contributed by atoms with Gasteiger partial charge in [0.1, 0.15) is 12.4 Å². The van der Waals surface area contributed by atoms with Crippen LogP contribution in [0.15, 0.2) is 60.7 Å². The van der Waals surface area contributed by atoms with Gasteiger partial charge in [0.2, 0.25) is 10.0 Å². The molecular weight excluding hydrogens is 348 g/mol. The number of ether oxygens (including phenoxy) is 1. The van der Waals surface area contributed by atoms with E-state index < -0.39 is 10.0 Å². The molecule has 6 heteroatoms. The molecule has 0 saturated carbocycles. The molecule has 0 saturated heterocycles. The predicted octanol–water partition coefficient (Wildman–Crippen LogP) is 4.36. The highest BCUT2D eigenvalue weighted by molar-refractivity contribution is 7.92. The van der Waals surface area contributed by atoms with Crippen molar-refractivity contribution in [3.8, 4) is 5.75 Å². The zero-order valence-corrected chi connectivity index (χ0v) is 15.5. The highest BCUT2D eigenvalue weighted by atomic mass is 32.2. The fourth-order valence-corrected chi connectivity index (χ4v) is 3.84. The standard InChI is InChI=1S/C20H22N2O3S/c1-2-3-14-26(23,24)22-19-10-6-7-11-20(19)25-15-17-13-12-16-8-4-5-9-18(16)21-17/h4-13,22H,2-3,14-15H2,1H3. The molecule has 136 valence electrons. The number of aromatic nitrogens is 1. The monoisotopic (exact) mass is 370 g/mol. The highest BCUT2D eigenvalue weighted by Crippen LogP contribution is 2.26. The number of nitrogens with one attached hydrogen (secondary N) is 1. The summed E-state index contributed by atoms with van der Waals surface area (Å²) in [5.74, 6) is 0.590. The van der Waals surface area contributed by atoms with Crippen molar-refractivity contribution in [3.05, 3.63) is 66.4 Å². The highest BCUT2D eigenvalue weighted by Gasteiger charge is 2.13. The van der Waals surface area contributed by atoms with Crippen molar-refractivity contribution in [2.45, 2.75) is 26.4 Å². The van der Waals surface area contributed by atoms with E-state index in [4.69, 9.17) is 4.74 Å². The van der Waals surface area contributed by atoms with E-state index in [1.165, 1.54) is 0 Å². The molecule has 0 aliphatic rings. The number of hydrogen-bond acceptors (Lipinski definition) is 4. The van der Waals surface area contributed by atoms with Gasteiger partial charge in [-0.3, -0.25) is 4.72 Å². The van der Waals surface area contributed by atoms with Crippen LogP contribution in [0.25, 0.3) is 10.9 Å². The number of nitrogens with zero attached hydrogens (tertiary/aromatic N) is 1. The quantitative estimate of drug-likeness (QED) is 0.640. The minimum Gasteiger partial charge on any atom is -0.485 e. The summed E-state index contributed by atoms with van der Waals surface area (Å²) in [6, 6.07) is 18.8. The molecule has 0 spiro atoms. The van der Waals surface area contributed by atoms with Crippen molar-refractivity contribution in [1.82, 2.24) is 4.98 Å². The van der Waals surface area contributed by atoms with Gasteiger partial charge >= 0.3 is 0 Å². The van der Waals surface area contributed by atoms with E-state index in [2.05, 4.69) is 9.71 Å². The summed E-state index contributed by atoms with van der Waals surface area (Å²) in [6.45, 7) is 2.22. The van der Waals surface area contributed by atoms with Crippen LogP contribution in [-0.4, -0.2) is 19.2 Å². The van der Waals surface area contributed by atoms with Gasteiger partial charge in [0.25, 0.3) is 0 Å². The molecule has 2 aromatic carbocycles. The lowest BCUT2D eigenvalue weighted by molar-refractivity contribution is 0.303. The van der Waals surface area contributed by atoms with Crippen LogP contribution in [0.4, 0.5) is 5.69 Å². The van der Waals surface area contributed by atoms with Crippen LogP contribution < -0.4 is 9.46 Å². The zero-order valence-electron chi connectivity index (χ0n) is 14.7. The Hall–Kier alpha value is -2.60.